The standard InChI is InChI=1S/C10H24BNO2Si2/c1-10(8-9-12)11(13-15(2,3)4)14-16(5,6)7/h10H,8H2,1-7H3. The molecule has 0 N–H and O–H groups in total. The Hall–Kier alpha value is -0.0913. The third kappa shape index (κ3) is 8.11. The van der Waals surface area contributed by atoms with Crippen LogP contribution in [0.25, 0.3) is 0 Å². The lowest BCUT2D eigenvalue weighted by Gasteiger charge is -2.31. The van der Waals surface area contributed by atoms with Crippen molar-refractivity contribution in [1.82, 2.24) is 0 Å². The van der Waals surface area contributed by atoms with Crippen molar-refractivity contribution in [3.05, 3.63) is 0 Å². The summed E-state index contributed by atoms with van der Waals surface area (Å²) in [6.45, 7) is 14.9. The molecule has 0 aliphatic heterocycles. The molecule has 0 heterocycles. The first kappa shape index (κ1) is 15.9. The van der Waals surface area contributed by atoms with Crippen LogP contribution in [-0.2, 0) is 8.69 Å². The lowest BCUT2D eigenvalue weighted by Crippen LogP contribution is -2.45. The van der Waals surface area contributed by atoms with E-state index in [-0.39, 0.29) is 12.9 Å². The molecule has 0 rings (SSSR count). The molecule has 0 amide bonds. The van der Waals surface area contributed by atoms with Gasteiger partial charge in [-0.05, 0) is 39.3 Å². The van der Waals surface area contributed by atoms with Crippen molar-refractivity contribution >= 4 is 23.8 Å². The van der Waals surface area contributed by atoms with Gasteiger partial charge in [-0.2, -0.15) is 5.26 Å². The predicted molar refractivity (Wildman–Crippen MR) is 74.3 cm³/mol. The molecule has 0 bridgehead atoms. The Balaban J connectivity index is 4.58. The highest BCUT2D eigenvalue weighted by molar-refractivity contribution is 6.81. The second-order valence-electron chi connectivity index (χ2n) is 6.17. The van der Waals surface area contributed by atoms with Gasteiger partial charge in [0.2, 0.25) is 0 Å². The highest BCUT2D eigenvalue weighted by Crippen LogP contribution is 2.22. The lowest BCUT2D eigenvalue weighted by atomic mass is 9.72. The zero-order valence-electron chi connectivity index (χ0n) is 11.6. The number of nitriles is 1. The smallest absolute Gasteiger partial charge is 0.439 e. The highest BCUT2D eigenvalue weighted by Gasteiger charge is 2.35. The maximum atomic E-state index is 8.74. The second-order valence-corrected chi connectivity index (χ2v) is 15.1. The van der Waals surface area contributed by atoms with E-state index in [1.54, 1.807) is 0 Å². The molecule has 0 aromatic rings. The van der Waals surface area contributed by atoms with Crippen LogP contribution in [0.4, 0.5) is 0 Å². The van der Waals surface area contributed by atoms with Crippen LogP contribution in [0.5, 0.6) is 0 Å². The minimum absolute atomic E-state index is 0.142. The minimum Gasteiger partial charge on any atom is -0.454 e. The summed E-state index contributed by atoms with van der Waals surface area (Å²) >= 11 is 0. The zero-order chi connectivity index (χ0) is 13.0. The minimum atomic E-state index is -1.62. The molecule has 3 nitrogen and oxygen atoms in total. The van der Waals surface area contributed by atoms with Crippen molar-refractivity contribution in [2.75, 3.05) is 0 Å². The van der Waals surface area contributed by atoms with Gasteiger partial charge in [-0.25, -0.2) is 0 Å². The van der Waals surface area contributed by atoms with Crippen LogP contribution in [0.1, 0.15) is 13.3 Å². The van der Waals surface area contributed by atoms with Gasteiger partial charge in [0.1, 0.15) is 0 Å². The van der Waals surface area contributed by atoms with Gasteiger partial charge in [-0.1, -0.05) is 6.92 Å². The zero-order valence-corrected chi connectivity index (χ0v) is 13.6. The molecule has 1 unspecified atom stereocenters. The van der Waals surface area contributed by atoms with E-state index in [0.29, 0.717) is 6.42 Å². The van der Waals surface area contributed by atoms with E-state index >= 15 is 0 Å². The first-order chi connectivity index (χ1) is 7.05. The number of nitrogens with zero attached hydrogens (tertiary/aromatic N) is 1. The Bertz CT molecular complexity index is 239. The van der Waals surface area contributed by atoms with Crippen LogP contribution >= 0.6 is 0 Å². The number of hydrogen-bond donors (Lipinski definition) is 0. The fraction of sp³-hybridized carbons (Fsp3) is 0.900. The second kappa shape index (κ2) is 6.01. The quantitative estimate of drug-likeness (QED) is 0.684. The maximum Gasteiger partial charge on any atom is 0.439 e. The fourth-order valence-electron chi connectivity index (χ4n) is 1.19. The van der Waals surface area contributed by atoms with Gasteiger partial charge in [-0.3, -0.25) is 0 Å². The summed E-state index contributed by atoms with van der Waals surface area (Å²) in [5.41, 5.74) is 0. The van der Waals surface area contributed by atoms with Crippen molar-refractivity contribution in [2.24, 2.45) is 0 Å². The van der Waals surface area contributed by atoms with Gasteiger partial charge in [0, 0.05) is 12.2 Å². The summed E-state index contributed by atoms with van der Waals surface area (Å²) in [5, 5.41) is 8.74. The summed E-state index contributed by atoms with van der Waals surface area (Å²) in [7, 11) is -3.46. The summed E-state index contributed by atoms with van der Waals surface area (Å²) in [6, 6.07) is 2.19. The van der Waals surface area contributed by atoms with E-state index in [9.17, 15) is 0 Å². The van der Waals surface area contributed by atoms with Gasteiger partial charge >= 0.3 is 7.12 Å². The van der Waals surface area contributed by atoms with Gasteiger partial charge in [-0.15, -0.1) is 0 Å². The van der Waals surface area contributed by atoms with Crippen LogP contribution in [0.15, 0.2) is 0 Å². The summed E-state index contributed by atoms with van der Waals surface area (Å²) < 4.78 is 12.1. The van der Waals surface area contributed by atoms with Gasteiger partial charge in [0.25, 0.3) is 0 Å². The summed E-state index contributed by atoms with van der Waals surface area (Å²) in [6.07, 6.45) is 0.486. The van der Waals surface area contributed by atoms with Crippen molar-refractivity contribution in [1.29, 1.82) is 5.26 Å². The Morgan fingerprint density at radius 3 is 1.69 bits per heavy atom. The topological polar surface area (TPSA) is 42.2 Å². The van der Waals surface area contributed by atoms with Gasteiger partial charge in [0.15, 0.2) is 16.6 Å². The molecular formula is C10H24BNO2Si2. The van der Waals surface area contributed by atoms with Crippen molar-refractivity contribution in [2.45, 2.75) is 58.4 Å². The molecule has 0 radical (unpaired) electrons. The van der Waals surface area contributed by atoms with E-state index in [4.69, 9.17) is 13.9 Å². The molecular weight excluding hydrogens is 233 g/mol. The first-order valence-corrected chi connectivity index (χ1v) is 12.6. The third-order valence-electron chi connectivity index (χ3n) is 1.82. The third-order valence-corrected chi connectivity index (χ3v) is 3.70. The molecule has 6 heteroatoms. The molecule has 16 heavy (non-hydrogen) atoms. The Kier molecular flexibility index (Phi) is 5.97. The summed E-state index contributed by atoms with van der Waals surface area (Å²) in [5.74, 6) is 0.142. The average Bonchev–Trinajstić information content (AvgIpc) is 1.97. The van der Waals surface area contributed by atoms with Crippen LogP contribution in [0.2, 0.25) is 45.1 Å². The van der Waals surface area contributed by atoms with E-state index in [2.05, 4.69) is 45.4 Å². The number of rotatable bonds is 6. The van der Waals surface area contributed by atoms with Crippen LogP contribution < -0.4 is 0 Å². The molecule has 0 fully saturated rings. The van der Waals surface area contributed by atoms with E-state index in [0.717, 1.165) is 0 Å². The average molecular weight is 257 g/mol. The van der Waals surface area contributed by atoms with Crippen LogP contribution in [-0.4, -0.2) is 23.8 Å². The van der Waals surface area contributed by atoms with E-state index in [1.165, 1.54) is 0 Å². The predicted octanol–water partition coefficient (Wildman–Crippen LogP) is 3.48. The van der Waals surface area contributed by atoms with Crippen molar-refractivity contribution in [3.63, 3.8) is 0 Å². The molecule has 0 aliphatic carbocycles. The lowest BCUT2D eigenvalue weighted by molar-refractivity contribution is 0.401. The van der Waals surface area contributed by atoms with Crippen molar-refractivity contribution < 1.29 is 8.69 Å². The molecule has 0 saturated carbocycles. The fourth-order valence-corrected chi connectivity index (χ4v) is 3.24. The Morgan fingerprint density at radius 1 is 1.06 bits per heavy atom. The number of hydrogen-bond acceptors (Lipinski definition) is 3. The normalized spacial score (nSPS) is 14.4. The molecule has 0 saturated heterocycles. The Labute approximate surface area is 103 Å². The molecule has 0 aromatic heterocycles. The van der Waals surface area contributed by atoms with Crippen LogP contribution in [0, 0.1) is 11.3 Å². The van der Waals surface area contributed by atoms with Crippen LogP contribution in [0.3, 0.4) is 0 Å². The maximum absolute atomic E-state index is 8.74. The molecule has 1 atom stereocenters. The Morgan fingerprint density at radius 2 is 1.44 bits per heavy atom. The molecule has 0 spiro atoms. The SMILES string of the molecule is CC(CC#N)B(O[Si](C)(C)C)O[Si](C)(C)C. The van der Waals surface area contributed by atoms with E-state index in [1.807, 2.05) is 6.92 Å². The molecule has 0 aliphatic rings. The van der Waals surface area contributed by atoms with E-state index < -0.39 is 16.6 Å². The summed E-state index contributed by atoms with van der Waals surface area (Å²) in [4.78, 5) is 0. The van der Waals surface area contributed by atoms with Gasteiger partial charge < -0.3 is 8.69 Å². The van der Waals surface area contributed by atoms with Crippen molar-refractivity contribution in [3.8, 4) is 6.07 Å². The van der Waals surface area contributed by atoms with Gasteiger partial charge in [0.05, 0.1) is 6.07 Å². The monoisotopic (exact) mass is 257 g/mol. The largest absolute Gasteiger partial charge is 0.454 e. The first-order valence-electron chi connectivity index (χ1n) is 5.78. The molecule has 0 aromatic carbocycles. The highest BCUT2D eigenvalue weighted by atomic mass is 28.4. The molecule has 92 valence electrons.